The summed E-state index contributed by atoms with van der Waals surface area (Å²) in [6.45, 7) is 13.3. The predicted molar refractivity (Wildman–Crippen MR) is 164 cm³/mol. The molecule has 3 aromatic carbocycles. The highest BCUT2D eigenvalue weighted by Crippen LogP contribution is 2.28. The molecule has 2 atom stereocenters. The number of phenolic OH excluding ortho intramolecular Hbond substituents is 1. The molecule has 3 aromatic rings. The van der Waals surface area contributed by atoms with Crippen molar-refractivity contribution < 1.29 is 24.2 Å². The Morgan fingerprint density at radius 3 is 2.24 bits per heavy atom. The van der Waals surface area contributed by atoms with E-state index < -0.39 is 29.7 Å². The lowest BCUT2D eigenvalue weighted by Gasteiger charge is -2.34. The van der Waals surface area contributed by atoms with Crippen LogP contribution < -0.4 is 10.6 Å². The van der Waals surface area contributed by atoms with Gasteiger partial charge in [0.2, 0.25) is 11.8 Å². The quantitative estimate of drug-likeness (QED) is 0.263. The molecule has 3 amide bonds. The molecule has 222 valence electrons. The highest BCUT2D eigenvalue weighted by molar-refractivity contribution is 5.92. The van der Waals surface area contributed by atoms with E-state index in [1.165, 1.54) is 17.0 Å². The molecule has 0 aliphatic heterocycles. The van der Waals surface area contributed by atoms with Crippen molar-refractivity contribution in [2.75, 3.05) is 6.54 Å². The van der Waals surface area contributed by atoms with Gasteiger partial charge in [-0.2, -0.15) is 0 Å². The van der Waals surface area contributed by atoms with Gasteiger partial charge in [-0.05, 0) is 74.6 Å². The third-order valence-electron chi connectivity index (χ3n) is 6.78. The Morgan fingerprint density at radius 1 is 0.952 bits per heavy atom. The summed E-state index contributed by atoms with van der Waals surface area (Å²) in [5.74, 6) is -0.752. The van der Waals surface area contributed by atoms with Crippen molar-refractivity contribution in [2.24, 2.45) is 0 Å². The van der Waals surface area contributed by atoms with E-state index in [1.807, 2.05) is 62.4 Å². The summed E-state index contributed by atoms with van der Waals surface area (Å²) in [4.78, 5) is 42.7. The molecule has 8 heteroatoms. The normalized spacial score (nSPS) is 12.5. The van der Waals surface area contributed by atoms with E-state index in [9.17, 15) is 19.5 Å². The molecule has 0 saturated carbocycles. The second-order valence-corrected chi connectivity index (χ2v) is 11.2. The van der Waals surface area contributed by atoms with Gasteiger partial charge in [-0.25, -0.2) is 4.79 Å². The first-order valence-electron chi connectivity index (χ1n) is 14.0. The van der Waals surface area contributed by atoms with Gasteiger partial charge in [-0.1, -0.05) is 66.7 Å². The zero-order chi connectivity index (χ0) is 30.9. The fourth-order valence-corrected chi connectivity index (χ4v) is 4.58. The number of benzene rings is 3. The average molecular weight is 572 g/mol. The number of carbonyl (C=O) groups is 3. The van der Waals surface area contributed by atoms with E-state index in [2.05, 4.69) is 17.2 Å². The van der Waals surface area contributed by atoms with Crippen LogP contribution in [0.4, 0.5) is 4.79 Å². The van der Waals surface area contributed by atoms with Gasteiger partial charge < -0.3 is 25.4 Å². The van der Waals surface area contributed by atoms with Crippen molar-refractivity contribution in [3.8, 4) is 5.75 Å². The zero-order valence-electron chi connectivity index (χ0n) is 25.0. The summed E-state index contributed by atoms with van der Waals surface area (Å²) >= 11 is 0. The Labute approximate surface area is 248 Å². The van der Waals surface area contributed by atoms with Crippen molar-refractivity contribution in [2.45, 2.75) is 65.3 Å². The SMILES string of the molecule is C=CCN(C(=O)C(Cc1ccc(O)cc1)NC(=O)OC(C)(C)C)C(C(=O)NCc1ccccc1)c1cccc(C)c1C. The first-order chi connectivity index (χ1) is 19.9. The maximum Gasteiger partial charge on any atom is 0.408 e. The highest BCUT2D eigenvalue weighted by Gasteiger charge is 2.36. The van der Waals surface area contributed by atoms with Gasteiger partial charge in [-0.15, -0.1) is 6.58 Å². The Kier molecular flexibility index (Phi) is 10.9. The van der Waals surface area contributed by atoms with E-state index in [0.717, 1.165) is 16.7 Å². The largest absolute Gasteiger partial charge is 0.508 e. The van der Waals surface area contributed by atoms with Crippen molar-refractivity contribution >= 4 is 17.9 Å². The van der Waals surface area contributed by atoms with E-state index >= 15 is 0 Å². The molecule has 3 rings (SSSR count). The fraction of sp³-hybridized carbons (Fsp3) is 0.324. The first-order valence-corrected chi connectivity index (χ1v) is 14.0. The molecule has 8 nitrogen and oxygen atoms in total. The van der Waals surface area contributed by atoms with Gasteiger partial charge >= 0.3 is 6.09 Å². The van der Waals surface area contributed by atoms with Crippen LogP contribution in [0.2, 0.25) is 0 Å². The third-order valence-corrected chi connectivity index (χ3v) is 6.78. The molecule has 0 aromatic heterocycles. The minimum Gasteiger partial charge on any atom is -0.508 e. The van der Waals surface area contributed by atoms with Crippen LogP contribution in [0.15, 0.2) is 85.5 Å². The number of hydrogen-bond acceptors (Lipinski definition) is 5. The second kappa shape index (κ2) is 14.3. The lowest BCUT2D eigenvalue weighted by atomic mass is 9.94. The van der Waals surface area contributed by atoms with Gasteiger partial charge in [0.25, 0.3) is 0 Å². The zero-order valence-corrected chi connectivity index (χ0v) is 25.0. The summed E-state index contributed by atoms with van der Waals surface area (Å²) in [5.41, 5.74) is 3.38. The number of aryl methyl sites for hydroxylation is 1. The minimum atomic E-state index is -1.07. The summed E-state index contributed by atoms with van der Waals surface area (Å²) in [5, 5.41) is 15.5. The Hall–Kier alpha value is -4.59. The fourth-order valence-electron chi connectivity index (χ4n) is 4.58. The van der Waals surface area contributed by atoms with Crippen molar-refractivity contribution in [3.63, 3.8) is 0 Å². The Bertz CT molecular complexity index is 1380. The first kappa shape index (κ1) is 31.9. The molecule has 0 fully saturated rings. The van der Waals surface area contributed by atoms with Gasteiger partial charge in [0, 0.05) is 19.5 Å². The lowest BCUT2D eigenvalue weighted by molar-refractivity contribution is -0.141. The van der Waals surface area contributed by atoms with Crippen LogP contribution in [0, 0.1) is 13.8 Å². The van der Waals surface area contributed by atoms with Crippen molar-refractivity contribution in [1.82, 2.24) is 15.5 Å². The number of alkyl carbamates (subject to hydrolysis) is 1. The predicted octanol–water partition coefficient (Wildman–Crippen LogP) is 5.52. The number of aromatic hydroxyl groups is 1. The molecule has 0 saturated heterocycles. The molecular weight excluding hydrogens is 530 g/mol. The summed E-state index contributed by atoms with van der Waals surface area (Å²) in [7, 11) is 0. The van der Waals surface area contributed by atoms with Gasteiger partial charge in [-0.3, -0.25) is 9.59 Å². The summed E-state index contributed by atoms with van der Waals surface area (Å²) < 4.78 is 5.47. The maximum atomic E-state index is 14.4. The number of ether oxygens (including phenoxy) is 1. The molecular formula is C34H41N3O5. The van der Waals surface area contributed by atoms with Crippen LogP contribution in [0.3, 0.4) is 0 Å². The van der Waals surface area contributed by atoms with Crippen LogP contribution in [0.25, 0.3) is 0 Å². The Balaban J connectivity index is 2.04. The highest BCUT2D eigenvalue weighted by atomic mass is 16.6. The smallest absolute Gasteiger partial charge is 0.408 e. The van der Waals surface area contributed by atoms with Crippen molar-refractivity contribution in [3.05, 3.63) is 113 Å². The minimum absolute atomic E-state index is 0.0533. The molecule has 0 heterocycles. The Morgan fingerprint density at radius 2 is 1.62 bits per heavy atom. The van der Waals surface area contributed by atoms with Gasteiger partial charge in [0.1, 0.15) is 23.4 Å². The lowest BCUT2D eigenvalue weighted by Crippen LogP contribution is -2.54. The van der Waals surface area contributed by atoms with Crippen LogP contribution in [-0.4, -0.2) is 46.1 Å². The van der Waals surface area contributed by atoms with E-state index in [0.29, 0.717) is 11.1 Å². The third kappa shape index (κ3) is 8.96. The number of hydrogen-bond donors (Lipinski definition) is 3. The van der Waals surface area contributed by atoms with Crippen molar-refractivity contribution in [1.29, 1.82) is 0 Å². The molecule has 0 spiro atoms. The second-order valence-electron chi connectivity index (χ2n) is 11.2. The molecule has 0 bridgehead atoms. The summed E-state index contributed by atoms with van der Waals surface area (Å²) in [6.07, 6.45) is 0.915. The number of nitrogens with zero attached hydrogens (tertiary/aromatic N) is 1. The average Bonchev–Trinajstić information content (AvgIpc) is 2.93. The molecule has 0 aliphatic rings. The molecule has 0 radical (unpaired) electrons. The van der Waals surface area contributed by atoms with Gasteiger partial charge in [0.05, 0.1) is 0 Å². The monoisotopic (exact) mass is 571 g/mol. The van der Waals surface area contributed by atoms with Crippen LogP contribution in [0.1, 0.15) is 54.6 Å². The number of carbonyl (C=O) groups excluding carboxylic acids is 3. The van der Waals surface area contributed by atoms with E-state index in [-0.39, 0.29) is 31.2 Å². The standard InChI is InChI=1S/C34H41N3O5/c1-7-20-37(32(40)29(36-33(41)42-34(4,5)6)21-25-16-18-27(38)19-17-25)30(28-15-11-12-23(2)24(28)3)31(39)35-22-26-13-9-8-10-14-26/h7-19,29-30,38H,1,20-22H2,2-6H3,(H,35,39)(H,36,41). The molecule has 3 N–H and O–H groups in total. The molecule has 0 aliphatic carbocycles. The van der Waals surface area contributed by atoms with Gasteiger partial charge in [0.15, 0.2) is 0 Å². The van der Waals surface area contributed by atoms with E-state index in [4.69, 9.17) is 4.74 Å². The molecule has 2 unspecified atom stereocenters. The van der Waals surface area contributed by atoms with E-state index in [1.54, 1.807) is 39.0 Å². The number of rotatable bonds is 11. The number of phenols is 1. The maximum absolute atomic E-state index is 14.4. The number of nitrogens with one attached hydrogen (secondary N) is 2. The molecule has 42 heavy (non-hydrogen) atoms. The summed E-state index contributed by atoms with van der Waals surface area (Å²) in [6, 6.07) is 19.5. The van der Waals surface area contributed by atoms with Crippen LogP contribution in [0.5, 0.6) is 5.75 Å². The number of amides is 3. The topological polar surface area (TPSA) is 108 Å². The van der Waals surface area contributed by atoms with Crippen LogP contribution in [-0.2, 0) is 27.3 Å². The van der Waals surface area contributed by atoms with Crippen LogP contribution >= 0.6 is 0 Å².